The molecule has 0 amide bonds. The Labute approximate surface area is 95.9 Å². The number of nitrogens with one attached hydrogen (secondary N) is 1. The summed E-state index contributed by atoms with van der Waals surface area (Å²) < 4.78 is 0. The first-order chi connectivity index (χ1) is 7.27. The van der Waals surface area contributed by atoms with E-state index >= 15 is 0 Å². The van der Waals surface area contributed by atoms with Crippen molar-refractivity contribution in [3.05, 3.63) is 29.8 Å². The van der Waals surface area contributed by atoms with Gasteiger partial charge in [0.1, 0.15) is 0 Å². The molecule has 1 saturated carbocycles. The second-order valence-electron chi connectivity index (χ2n) is 4.06. The van der Waals surface area contributed by atoms with Gasteiger partial charge in [0, 0.05) is 5.69 Å². The average Bonchev–Trinajstić information content (AvgIpc) is 2.70. The highest BCUT2D eigenvalue weighted by atomic mass is 32.1. The molecule has 0 unspecified atom stereocenters. The maximum atomic E-state index is 5.51. The quantitative estimate of drug-likeness (QED) is 0.752. The highest BCUT2D eigenvalue weighted by Gasteiger charge is 2.19. The third-order valence-corrected chi connectivity index (χ3v) is 3.12. The lowest BCUT2D eigenvalue weighted by Crippen LogP contribution is -2.20. The molecule has 1 aliphatic rings. The Balaban J connectivity index is 2.24. The largest absolute Gasteiger partial charge is 0.376 e. The monoisotopic (exact) mass is 220 g/mol. The van der Waals surface area contributed by atoms with E-state index < -0.39 is 0 Å². The van der Waals surface area contributed by atoms with Crippen LogP contribution in [0, 0.1) is 0 Å². The lowest BCUT2D eigenvalue weighted by atomic mass is 9.96. The Hall–Kier alpha value is -1.09. The van der Waals surface area contributed by atoms with Crippen LogP contribution in [0.15, 0.2) is 24.3 Å². The Morgan fingerprint density at radius 3 is 2.60 bits per heavy atom. The smallest absolute Gasteiger partial charge is 0.168 e. The third kappa shape index (κ3) is 2.48. The zero-order valence-electron chi connectivity index (χ0n) is 8.70. The summed E-state index contributed by atoms with van der Waals surface area (Å²) in [4.78, 5) is 0. The van der Waals surface area contributed by atoms with Gasteiger partial charge in [-0.3, -0.25) is 0 Å². The van der Waals surface area contributed by atoms with Crippen molar-refractivity contribution in [2.24, 2.45) is 5.73 Å². The minimum Gasteiger partial charge on any atom is -0.376 e. The summed E-state index contributed by atoms with van der Waals surface area (Å²) >= 11 is 4.88. The van der Waals surface area contributed by atoms with Crippen LogP contribution < -0.4 is 11.1 Å². The van der Waals surface area contributed by atoms with Gasteiger partial charge in [0.15, 0.2) is 5.11 Å². The summed E-state index contributed by atoms with van der Waals surface area (Å²) in [6.45, 7) is 0. The first-order valence-electron chi connectivity index (χ1n) is 5.43. The average molecular weight is 220 g/mol. The minimum absolute atomic E-state index is 0.348. The number of thiocarbonyl (C=S) groups is 1. The molecule has 0 saturated heterocycles. The van der Waals surface area contributed by atoms with Crippen LogP contribution in [0.1, 0.15) is 37.2 Å². The van der Waals surface area contributed by atoms with Crippen molar-refractivity contribution in [2.75, 3.05) is 5.32 Å². The van der Waals surface area contributed by atoms with Crippen LogP contribution in [-0.2, 0) is 0 Å². The number of benzene rings is 1. The van der Waals surface area contributed by atoms with E-state index in [2.05, 4.69) is 17.4 Å². The van der Waals surface area contributed by atoms with Gasteiger partial charge in [0.05, 0.1) is 0 Å². The maximum Gasteiger partial charge on any atom is 0.168 e. The van der Waals surface area contributed by atoms with Gasteiger partial charge in [-0.25, -0.2) is 0 Å². The summed E-state index contributed by atoms with van der Waals surface area (Å²) in [6, 6.07) is 8.32. The molecule has 2 rings (SSSR count). The molecule has 1 aliphatic carbocycles. The fourth-order valence-electron chi connectivity index (χ4n) is 2.34. The van der Waals surface area contributed by atoms with Gasteiger partial charge in [-0.15, -0.1) is 0 Å². The lowest BCUT2D eigenvalue weighted by molar-refractivity contribution is 0.725. The van der Waals surface area contributed by atoms with E-state index in [9.17, 15) is 0 Å². The van der Waals surface area contributed by atoms with E-state index in [0.29, 0.717) is 11.0 Å². The molecule has 1 aromatic carbocycles. The highest BCUT2D eigenvalue weighted by molar-refractivity contribution is 7.80. The SMILES string of the molecule is NC(=S)Nc1ccccc1C1CCCC1. The van der Waals surface area contributed by atoms with Crippen molar-refractivity contribution in [2.45, 2.75) is 31.6 Å². The number of hydrogen-bond acceptors (Lipinski definition) is 1. The fourth-order valence-corrected chi connectivity index (χ4v) is 2.45. The minimum atomic E-state index is 0.348. The van der Waals surface area contributed by atoms with Crippen LogP contribution in [-0.4, -0.2) is 5.11 Å². The molecule has 0 radical (unpaired) electrons. The van der Waals surface area contributed by atoms with Gasteiger partial charge < -0.3 is 11.1 Å². The molecular formula is C12H16N2S. The van der Waals surface area contributed by atoms with Crippen LogP contribution in [0.2, 0.25) is 0 Å². The number of nitrogens with two attached hydrogens (primary N) is 1. The van der Waals surface area contributed by atoms with Crippen molar-refractivity contribution in [3.8, 4) is 0 Å². The van der Waals surface area contributed by atoms with Crippen molar-refractivity contribution in [3.63, 3.8) is 0 Å². The number of para-hydroxylation sites is 1. The van der Waals surface area contributed by atoms with E-state index in [4.69, 9.17) is 18.0 Å². The standard InChI is InChI=1S/C12H16N2S/c13-12(15)14-11-8-4-3-7-10(11)9-5-1-2-6-9/h3-4,7-9H,1-2,5-6H2,(H3,13,14,15). The maximum absolute atomic E-state index is 5.51. The number of rotatable bonds is 2. The molecule has 0 aliphatic heterocycles. The van der Waals surface area contributed by atoms with Crippen LogP contribution >= 0.6 is 12.2 Å². The van der Waals surface area contributed by atoms with Crippen molar-refractivity contribution >= 4 is 23.0 Å². The summed E-state index contributed by atoms with van der Waals surface area (Å²) in [5, 5.41) is 3.41. The normalized spacial score (nSPS) is 16.5. The molecular weight excluding hydrogens is 204 g/mol. The summed E-state index contributed by atoms with van der Waals surface area (Å²) in [7, 11) is 0. The van der Waals surface area contributed by atoms with E-state index in [1.807, 2.05) is 12.1 Å². The number of anilines is 1. The van der Waals surface area contributed by atoms with Gasteiger partial charge in [0.25, 0.3) is 0 Å². The molecule has 0 spiro atoms. The molecule has 15 heavy (non-hydrogen) atoms. The number of hydrogen-bond donors (Lipinski definition) is 2. The molecule has 3 N–H and O–H groups in total. The van der Waals surface area contributed by atoms with Crippen molar-refractivity contribution in [1.82, 2.24) is 0 Å². The summed E-state index contributed by atoms with van der Waals surface area (Å²) in [5.41, 5.74) is 7.96. The Bertz CT molecular complexity index is 356. The van der Waals surface area contributed by atoms with Crippen LogP contribution in [0.4, 0.5) is 5.69 Å². The van der Waals surface area contributed by atoms with Gasteiger partial charge in [-0.1, -0.05) is 31.0 Å². The Morgan fingerprint density at radius 2 is 1.93 bits per heavy atom. The van der Waals surface area contributed by atoms with Gasteiger partial charge in [-0.05, 0) is 42.6 Å². The van der Waals surface area contributed by atoms with Crippen molar-refractivity contribution in [1.29, 1.82) is 0 Å². The van der Waals surface area contributed by atoms with E-state index in [-0.39, 0.29) is 0 Å². The molecule has 1 aromatic rings. The van der Waals surface area contributed by atoms with E-state index in [1.165, 1.54) is 31.2 Å². The molecule has 1 fully saturated rings. The second kappa shape index (κ2) is 4.62. The predicted molar refractivity (Wildman–Crippen MR) is 68.1 cm³/mol. The zero-order chi connectivity index (χ0) is 10.7. The molecule has 0 atom stereocenters. The topological polar surface area (TPSA) is 38.0 Å². The molecule has 0 heterocycles. The molecule has 0 bridgehead atoms. The van der Waals surface area contributed by atoms with Gasteiger partial charge in [-0.2, -0.15) is 0 Å². The van der Waals surface area contributed by atoms with Gasteiger partial charge >= 0.3 is 0 Å². The third-order valence-electron chi connectivity index (χ3n) is 3.01. The summed E-state index contributed by atoms with van der Waals surface area (Å²) in [6.07, 6.45) is 5.25. The summed E-state index contributed by atoms with van der Waals surface area (Å²) in [5.74, 6) is 0.683. The Kier molecular flexibility index (Phi) is 3.21. The zero-order valence-corrected chi connectivity index (χ0v) is 9.52. The van der Waals surface area contributed by atoms with Gasteiger partial charge in [0.2, 0.25) is 0 Å². The second-order valence-corrected chi connectivity index (χ2v) is 4.50. The predicted octanol–water partition coefficient (Wildman–Crippen LogP) is 3.00. The molecule has 80 valence electrons. The first kappa shape index (κ1) is 10.4. The Morgan fingerprint density at radius 1 is 1.27 bits per heavy atom. The molecule has 2 nitrogen and oxygen atoms in total. The van der Waals surface area contributed by atoms with Crippen LogP contribution in [0.5, 0.6) is 0 Å². The molecule has 3 heteroatoms. The van der Waals surface area contributed by atoms with E-state index in [1.54, 1.807) is 0 Å². The first-order valence-corrected chi connectivity index (χ1v) is 5.83. The van der Waals surface area contributed by atoms with Crippen LogP contribution in [0.25, 0.3) is 0 Å². The lowest BCUT2D eigenvalue weighted by Gasteiger charge is -2.15. The fraction of sp³-hybridized carbons (Fsp3) is 0.417. The highest BCUT2D eigenvalue weighted by Crippen LogP contribution is 2.37. The van der Waals surface area contributed by atoms with Crippen LogP contribution in [0.3, 0.4) is 0 Å². The van der Waals surface area contributed by atoms with Crippen molar-refractivity contribution < 1.29 is 0 Å². The molecule has 0 aromatic heterocycles. The van der Waals surface area contributed by atoms with E-state index in [0.717, 1.165) is 5.69 Å².